The molecule has 10 rings (SSSR count). The Morgan fingerprint density at radius 1 is 0.607 bits per heavy atom. The lowest BCUT2D eigenvalue weighted by Crippen LogP contribution is -2.64. The number of hydrogen-bond donors (Lipinski definition) is 4. The molecule has 0 saturated carbocycles. The van der Waals surface area contributed by atoms with Crippen LogP contribution >= 0.6 is 0 Å². The van der Waals surface area contributed by atoms with Crippen molar-refractivity contribution >= 4 is 27.6 Å². The Morgan fingerprint density at radius 3 is 1.45 bits per heavy atom. The van der Waals surface area contributed by atoms with Crippen LogP contribution in [0.4, 0.5) is 8.78 Å². The SMILES string of the molecule is O=C(C1(c2ccc(F)cc2)C=CC(O)=CC1N1CCc2c([nH]c3ccccc23)C1)C1(c2ccc(F)cc2)C=CC(O)=CC1N1CCc2c([nH]c3ccccc23)C1. The molecule has 9 heteroatoms. The van der Waals surface area contributed by atoms with Gasteiger partial charge in [-0.25, -0.2) is 8.78 Å². The molecule has 0 fully saturated rings. The lowest BCUT2D eigenvalue weighted by molar-refractivity contribution is -0.131. The molecule has 6 aromatic rings. The average Bonchev–Trinajstić information content (AvgIpc) is 3.79. The van der Waals surface area contributed by atoms with Crippen LogP contribution < -0.4 is 0 Å². The molecule has 2 aliphatic carbocycles. The number of hydrogen-bond acceptors (Lipinski definition) is 5. The third-order valence-corrected chi connectivity index (χ3v) is 12.6. The molecule has 0 radical (unpaired) electrons. The zero-order chi connectivity index (χ0) is 38.2. The Bertz CT molecular complexity index is 2470. The number of rotatable bonds is 6. The molecule has 4 aliphatic rings. The van der Waals surface area contributed by atoms with Crippen molar-refractivity contribution in [2.75, 3.05) is 13.1 Å². The van der Waals surface area contributed by atoms with E-state index in [0.717, 1.165) is 22.4 Å². The fourth-order valence-electron chi connectivity index (χ4n) is 10.0. The third-order valence-electron chi connectivity index (χ3n) is 12.6. The predicted octanol–water partition coefficient (Wildman–Crippen LogP) is 8.55. The van der Waals surface area contributed by atoms with Crippen LogP contribution in [0.1, 0.15) is 33.6 Å². The van der Waals surface area contributed by atoms with Gasteiger partial charge in [-0.15, -0.1) is 0 Å². The summed E-state index contributed by atoms with van der Waals surface area (Å²) in [5.74, 6) is -1.08. The summed E-state index contributed by atoms with van der Waals surface area (Å²) in [5, 5.41) is 24.8. The topological polar surface area (TPSA) is 95.6 Å². The molecular formula is C47H40F2N4O3. The summed E-state index contributed by atoms with van der Waals surface area (Å²) in [5.41, 5.74) is 4.77. The number of nitrogens with one attached hydrogen (secondary N) is 2. The lowest BCUT2D eigenvalue weighted by Gasteiger charge is -2.52. The van der Waals surface area contributed by atoms with Gasteiger partial charge in [-0.2, -0.15) is 0 Å². The number of para-hydroxylation sites is 2. The van der Waals surface area contributed by atoms with Crippen molar-refractivity contribution in [3.63, 3.8) is 0 Å². The molecule has 280 valence electrons. The van der Waals surface area contributed by atoms with Gasteiger partial charge in [0.25, 0.3) is 0 Å². The lowest BCUT2D eigenvalue weighted by atomic mass is 9.56. The summed E-state index contributed by atoms with van der Waals surface area (Å²) in [6, 6.07) is 27.1. The van der Waals surface area contributed by atoms with E-state index in [0.29, 0.717) is 50.1 Å². The number of allylic oxidation sites excluding steroid dienone is 2. The molecule has 0 saturated heterocycles. The minimum atomic E-state index is -1.48. The quantitative estimate of drug-likeness (QED) is 0.137. The van der Waals surface area contributed by atoms with E-state index in [4.69, 9.17) is 0 Å². The number of halogens is 2. The summed E-state index contributed by atoms with van der Waals surface area (Å²) >= 11 is 0. The fraction of sp³-hybridized carbons (Fsp3) is 0.213. The first-order valence-electron chi connectivity index (χ1n) is 19.2. The summed E-state index contributed by atoms with van der Waals surface area (Å²) in [6.45, 7) is 2.13. The van der Waals surface area contributed by atoms with E-state index in [2.05, 4.69) is 44.0 Å². The molecule has 4 N–H and O–H groups in total. The smallest absolute Gasteiger partial charge is 0.165 e. The van der Waals surface area contributed by atoms with Crippen molar-refractivity contribution in [1.29, 1.82) is 0 Å². The second-order valence-corrected chi connectivity index (χ2v) is 15.5. The minimum absolute atomic E-state index is 0.0226. The Labute approximate surface area is 322 Å². The van der Waals surface area contributed by atoms with Gasteiger partial charge in [-0.05, 0) is 95.8 Å². The second kappa shape index (κ2) is 13.0. The predicted molar refractivity (Wildman–Crippen MR) is 213 cm³/mol. The number of aromatic amines is 2. The molecule has 0 bridgehead atoms. The second-order valence-electron chi connectivity index (χ2n) is 15.5. The largest absolute Gasteiger partial charge is 0.508 e. The highest BCUT2D eigenvalue weighted by atomic mass is 19.1. The fourth-order valence-corrected chi connectivity index (χ4v) is 10.0. The van der Waals surface area contributed by atoms with Crippen molar-refractivity contribution < 1.29 is 23.8 Å². The number of nitrogens with zero attached hydrogens (tertiary/aromatic N) is 2. The van der Waals surface area contributed by atoms with Crippen molar-refractivity contribution in [2.24, 2.45) is 0 Å². The van der Waals surface area contributed by atoms with E-state index in [-0.39, 0.29) is 17.3 Å². The maximum atomic E-state index is 16.7. The van der Waals surface area contributed by atoms with Crippen LogP contribution in [-0.4, -0.2) is 60.9 Å². The summed E-state index contributed by atoms with van der Waals surface area (Å²) < 4.78 is 29.6. The van der Waals surface area contributed by atoms with Gasteiger partial charge in [-0.1, -0.05) is 72.8 Å². The summed E-state index contributed by atoms with van der Waals surface area (Å²) in [4.78, 5) is 28.3. The third kappa shape index (κ3) is 5.25. The van der Waals surface area contributed by atoms with E-state index in [1.54, 1.807) is 60.7 Å². The number of Topliss-reactive ketones (excluding diaryl/α,β-unsaturated/α-hetero) is 1. The van der Waals surface area contributed by atoms with Crippen LogP contribution in [0.3, 0.4) is 0 Å². The molecule has 4 unspecified atom stereocenters. The first-order chi connectivity index (χ1) is 27.2. The Kier molecular flexibility index (Phi) is 8.02. The molecule has 7 nitrogen and oxygen atoms in total. The van der Waals surface area contributed by atoms with Crippen LogP contribution in [0.25, 0.3) is 21.8 Å². The van der Waals surface area contributed by atoms with E-state index in [9.17, 15) is 19.0 Å². The Morgan fingerprint density at radius 2 is 1.02 bits per heavy atom. The van der Waals surface area contributed by atoms with Crippen LogP contribution in [0, 0.1) is 11.6 Å². The zero-order valence-electron chi connectivity index (χ0n) is 30.6. The van der Waals surface area contributed by atoms with Crippen LogP contribution in [0.15, 0.2) is 145 Å². The molecule has 2 aliphatic heterocycles. The number of benzene rings is 4. The van der Waals surface area contributed by atoms with Gasteiger partial charge in [0.2, 0.25) is 0 Å². The normalized spacial score (nSPS) is 25.2. The van der Waals surface area contributed by atoms with E-state index < -0.39 is 34.5 Å². The number of aliphatic hydroxyl groups is 2. The highest BCUT2D eigenvalue weighted by Crippen LogP contribution is 2.50. The Balaban J connectivity index is 1.16. The van der Waals surface area contributed by atoms with E-state index in [1.165, 1.54) is 46.2 Å². The molecule has 0 spiro atoms. The van der Waals surface area contributed by atoms with E-state index >= 15 is 4.79 Å². The molecule has 0 amide bonds. The van der Waals surface area contributed by atoms with Crippen molar-refractivity contribution in [3.8, 4) is 0 Å². The van der Waals surface area contributed by atoms with Crippen LogP contribution in [0.5, 0.6) is 0 Å². The summed E-state index contributed by atoms with van der Waals surface area (Å²) in [6.07, 6.45) is 11.5. The van der Waals surface area contributed by atoms with Crippen molar-refractivity contribution in [3.05, 3.63) is 190 Å². The van der Waals surface area contributed by atoms with Gasteiger partial charge in [-0.3, -0.25) is 14.6 Å². The first kappa shape index (κ1) is 34.5. The average molecular weight is 747 g/mol. The number of carbonyl (C=O) groups excluding carboxylic acids is 1. The van der Waals surface area contributed by atoms with Gasteiger partial charge in [0, 0.05) is 59.4 Å². The minimum Gasteiger partial charge on any atom is -0.508 e. The van der Waals surface area contributed by atoms with Gasteiger partial charge >= 0.3 is 0 Å². The first-order valence-corrected chi connectivity index (χ1v) is 19.2. The van der Waals surface area contributed by atoms with Crippen molar-refractivity contribution in [2.45, 2.75) is 48.8 Å². The number of H-pyrrole nitrogens is 2. The number of ketones is 1. The monoisotopic (exact) mass is 746 g/mol. The number of carbonyl (C=O) groups is 1. The highest BCUT2D eigenvalue weighted by molar-refractivity contribution is 6.05. The number of aliphatic hydroxyl groups excluding tert-OH is 2. The van der Waals surface area contributed by atoms with Gasteiger partial charge in [0.1, 0.15) is 23.2 Å². The zero-order valence-corrected chi connectivity index (χ0v) is 30.6. The van der Waals surface area contributed by atoms with E-state index in [1.807, 2.05) is 24.3 Å². The molecule has 4 atom stereocenters. The Hall–Kier alpha value is -6.03. The molecular weight excluding hydrogens is 707 g/mol. The van der Waals surface area contributed by atoms with Crippen LogP contribution in [0.2, 0.25) is 0 Å². The molecule has 56 heavy (non-hydrogen) atoms. The molecule has 2 aromatic heterocycles. The maximum absolute atomic E-state index is 16.7. The molecule has 4 aromatic carbocycles. The van der Waals surface area contributed by atoms with Gasteiger partial charge in [0.15, 0.2) is 5.78 Å². The van der Waals surface area contributed by atoms with Gasteiger partial charge in [0.05, 0.1) is 22.9 Å². The summed E-state index contributed by atoms with van der Waals surface area (Å²) in [7, 11) is 0. The van der Waals surface area contributed by atoms with Crippen LogP contribution in [-0.2, 0) is 41.6 Å². The van der Waals surface area contributed by atoms with Gasteiger partial charge < -0.3 is 20.2 Å². The molecule has 4 heterocycles. The maximum Gasteiger partial charge on any atom is 0.165 e. The van der Waals surface area contributed by atoms with Crippen molar-refractivity contribution in [1.82, 2.24) is 19.8 Å². The standard InChI is InChI=1S/C47H40F2N4O3/c48-31-13-9-29(10-14-31)46(21-17-33(54)25-43(46)52-23-19-37-35-5-1-3-7-39(35)50-41(37)27-52)45(56)47(30-11-15-32(49)16-12-30)22-18-34(55)26-44(47)53-24-20-38-36-6-2-4-8-40(36)51-42(38)28-53/h1-18,21-22,25-26,43-44,50-51,54-55H,19-20,23-24,27-28H2. The highest BCUT2D eigenvalue weighted by Gasteiger charge is 2.59. The number of fused-ring (bicyclic) bond motifs is 6. The number of aromatic nitrogens is 2.